The lowest BCUT2D eigenvalue weighted by molar-refractivity contribution is 0.668. The molecule has 0 N–H and O–H groups in total. The first-order chi connectivity index (χ1) is 31.7. The van der Waals surface area contributed by atoms with Crippen LogP contribution in [0.2, 0.25) is 0 Å². The molecule has 0 atom stereocenters. The summed E-state index contributed by atoms with van der Waals surface area (Å²) in [4.78, 5) is 0. The van der Waals surface area contributed by atoms with E-state index in [1.54, 1.807) is 0 Å². The van der Waals surface area contributed by atoms with Gasteiger partial charge < -0.3 is 18.0 Å². The molecule has 14 rings (SSSR count). The van der Waals surface area contributed by atoms with Crippen molar-refractivity contribution in [3.05, 3.63) is 218 Å². The standard InChI is InChI=1S/C60H36N2O2/c1-5-19-53-45(15-1)49-33-41(23-27-55(49)61(53)43-25-29-59-51(35-43)47-17-3-7-21-57(47)63-59)39-13-9-11-37(31-39)38-12-10-14-40(32-38)42-24-28-56-50(34-42)46-16-2-6-20-54(46)62(56)44-26-30-60-52(36-44)48-18-4-8-22-58(48)64-60/h1-36H. The lowest BCUT2D eigenvalue weighted by Crippen LogP contribution is -1.93. The van der Waals surface area contributed by atoms with E-state index >= 15 is 0 Å². The van der Waals surface area contributed by atoms with Crippen LogP contribution in [-0.4, -0.2) is 9.13 Å². The highest BCUT2D eigenvalue weighted by atomic mass is 16.3. The number of hydrogen-bond donors (Lipinski definition) is 0. The molecule has 0 saturated carbocycles. The average Bonchev–Trinajstić information content (AvgIpc) is 4.11. The van der Waals surface area contributed by atoms with Crippen molar-refractivity contribution in [2.45, 2.75) is 0 Å². The fourth-order valence-corrected chi connectivity index (χ4v) is 10.3. The van der Waals surface area contributed by atoms with Gasteiger partial charge in [0.15, 0.2) is 0 Å². The lowest BCUT2D eigenvalue weighted by atomic mass is 9.95. The molecule has 0 aliphatic heterocycles. The second-order valence-corrected chi connectivity index (χ2v) is 16.9. The van der Waals surface area contributed by atoms with Crippen molar-refractivity contribution in [1.29, 1.82) is 0 Å². The molecule has 4 heteroatoms. The number of rotatable bonds is 5. The van der Waals surface area contributed by atoms with E-state index < -0.39 is 0 Å². The summed E-state index contributed by atoms with van der Waals surface area (Å²) < 4.78 is 17.1. The van der Waals surface area contributed by atoms with Crippen LogP contribution in [0, 0.1) is 0 Å². The Balaban J connectivity index is 0.836. The second-order valence-electron chi connectivity index (χ2n) is 16.9. The van der Waals surface area contributed by atoms with Crippen molar-refractivity contribution in [2.24, 2.45) is 0 Å². The van der Waals surface area contributed by atoms with Gasteiger partial charge in [0, 0.05) is 54.5 Å². The van der Waals surface area contributed by atoms with E-state index in [0.717, 1.165) is 55.3 Å². The van der Waals surface area contributed by atoms with Crippen LogP contribution in [0.4, 0.5) is 0 Å². The molecule has 4 heterocycles. The molecule has 64 heavy (non-hydrogen) atoms. The molecule has 0 fully saturated rings. The minimum absolute atomic E-state index is 0.901. The Morgan fingerprint density at radius 3 is 1.03 bits per heavy atom. The van der Waals surface area contributed by atoms with E-state index in [9.17, 15) is 0 Å². The number of para-hydroxylation sites is 4. The molecule has 0 spiro atoms. The van der Waals surface area contributed by atoms with E-state index in [2.05, 4.69) is 203 Å². The van der Waals surface area contributed by atoms with E-state index in [-0.39, 0.29) is 0 Å². The number of benzene rings is 10. The van der Waals surface area contributed by atoms with Gasteiger partial charge in [0.05, 0.1) is 22.1 Å². The van der Waals surface area contributed by atoms with Gasteiger partial charge in [0.1, 0.15) is 22.3 Å². The Kier molecular flexibility index (Phi) is 7.36. The maximum absolute atomic E-state index is 6.18. The van der Waals surface area contributed by atoms with Crippen LogP contribution in [0.3, 0.4) is 0 Å². The molecule has 0 unspecified atom stereocenters. The van der Waals surface area contributed by atoms with Crippen LogP contribution in [0.1, 0.15) is 0 Å². The van der Waals surface area contributed by atoms with E-state index in [1.807, 2.05) is 24.3 Å². The van der Waals surface area contributed by atoms with Crippen molar-refractivity contribution in [3.8, 4) is 44.8 Å². The first-order valence-corrected chi connectivity index (χ1v) is 21.8. The minimum Gasteiger partial charge on any atom is -0.456 e. The van der Waals surface area contributed by atoms with Gasteiger partial charge in [-0.15, -0.1) is 0 Å². The largest absolute Gasteiger partial charge is 0.456 e. The maximum Gasteiger partial charge on any atom is 0.135 e. The molecular weight excluding hydrogens is 781 g/mol. The Hall–Kier alpha value is -8.60. The topological polar surface area (TPSA) is 36.1 Å². The highest BCUT2D eigenvalue weighted by Crippen LogP contribution is 2.40. The first kappa shape index (κ1) is 35.0. The van der Waals surface area contributed by atoms with Crippen molar-refractivity contribution in [3.63, 3.8) is 0 Å². The SMILES string of the molecule is c1cc(-c2cccc(-c3ccc4c(c3)c3ccccc3n4-c3ccc4oc5ccccc5c4c3)c2)cc(-c2ccc3c(c2)c2ccccc2n3-c2ccc3oc4ccccc4c3c2)c1. The Morgan fingerprint density at radius 1 is 0.219 bits per heavy atom. The summed E-state index contributed by atoms with van der Waals surface area (Å²) in [6, 6.07) is 78.8. The van der Waals surface area contributed by atoms with Crippen LogP contribution in [0.15, 0.2) is 227 Å². The van der Waals surface area contributed by atoms with Gasteiger partial charge in [-0.25, -0.2) is 0 Å². The predicted molar refractivity (Wildman–Crippen MR) is 266 cm³/mol. The minimum atomic E-state index is 0.901. The molecular formula is C60H36N2O2. The van der Waals surface area contributed by atoms with Gasteiger partial charge in [-0.1, -0.05) is 121 Å². The molecule has 0 aliphatic rings. The maximum atomic E-state index is 6.18. The van der Waals surface area contributed by atoms with Crippen LogP contribution in [0.5, 0.6) is 0 Å². The van der Waals surface area contributed by atoms with Crippen molar-refractivity contribution >= 4 is 87.5 Å². The molecule has 298 valence electrons. The molecule has 4 nitrogen and oxygen atoms in total. The van der Waals surface area contributed by atoms with Crippen LogP contribution in [0.25, 0.3) is 132 Å². The normalized spacial score (nSPS) is 12.1. The monoisotopic (exact) mass is 816 g/mol. The van der Waals surface area contributed by atoms with Crippen LogP contribution < -0.4 is 0 Å². The fraction of sp³-hybridized carbons (Fsp3) is 0. The van der Waals surface area contributed by atoms with Crippen LogP contribution in [-0.2, 0) is 0 Å². The molecule has 4 aromatic heterocycles. The number of fused-ring (bicyclic) bond motifs is 12. The quantitative estimate of drug-likeness (QED) is 0.173. The van der Waals surface area contributed by atoms with E-state index in [0.29, 0.717) is 0 Å². The molecule has 14 aromatic rings. The zero-order chi connectivity index (χ0) is 41.9. The van der Waals surface area contributed by atoms with Gasteiger partial charge in [-0.3, -0.25) is 0 Å². The zero-order valence-corrected chi connectivity index (χ0v) is 34.5. The Morgan fingerprint density at radius 2 is 0.578 bits per heavy atom. The molecule has 0 radical (unpaired) electrons. The van der Waals surface area contributed by atoms with Crippen molar-refractivity contribution in [2.75, 3.05) is 0 Å². The number of hydrogen-bond acceptors (Lipinski definition) is 2. The average molecular weight is 817 g/mol. The fourth-order valence-electron chi connectivity index (χ4n) is 10.3. The van der Waals surface area contributed by atoms with Gasteiger partial charge in [0.2, 0.25) is 0 Å². The summed E-state index contributed by atoms with van der Waals surface area (Å²) in [5, 5.41) is 9.42. The van der Waals surface area contributed by atoms with Gasteiger partial charge in [-0.2, -0.15) is 0 Å². The summed E-state index contributed by atoms with van der Waals surface area (Å²) >= 11 is 0. The summed E-state index contributed by atoms with van der Waals surface area (Å²) in [5.41, 5.74) is 17.7. The molecule has 0 aliphatic carbocycles. The lowest BCUT2D eigenvalue weighted by Gasteiger charge is -2.11. The van der Waals surface area contributed by atoms with Gasteiger partial charge in [-0.05, 0) is 130 Å². The van der Waals surface area contributed by atoms with E-state index in [4.69, 9.17) is 8.83 Å². The third kappa shape index (κ3) is 5.23. The molecule has 10 aromatic carbocycles. The molecule has 0 saturated heterocycles. The predicted octanol–water partition coefficient (Wildman–Crippen LogP) is 16.7. The Labute approximate surface area is 367 Å². The summed E-state index contributed by atoms with van der Waals surface area (Å²) in [6.07, 6.45) is 0. The smallest absolute Gasteiger partial charge is 0.135 e. The highest BCUT2D eigenvalue weighted by Gasteiger charge is 2.18. The number of furan rings is 2. The Bertz CT molecular complexity index is 3940. The first-order valence-electron chi connectivity index (χ1n) is 21.8. The third-order valence-corrected chi connectivity index (χ3v) is 13.3. The van der Waals surface area contributed by atoms with E-state index in [1.165, 1.54) is 77.0 Å². The van der Waals surface area contributed by atoms with Crippen molar-refractivity contribution in [1.82, 2.24) is 9.13 Å². The third-order valence-electron chi connectivity index (χ3n) is 13.3. The zero-order valence-electron chi connectivity index (χ0n) is 34.5. The molecule has 0 amide bonds. The highest BCUT2D eigenvalue weighted by molar-refractivity contribution is 6.13. The summed E-state index contributed by atoms with van der Waals surface area (Å²) in [6.45, 7) is 0. The van der Waals surface area contributed by atoms with Crippen LogP contribution >= 0.6 is 0 Å². The van der Waals surface area contributed by atoms with Gasteiger partial charge >= 0.3 is 0 Å². The summed E-state index contributed by atoms with van der Waals surface area (Å²) in [5.74, 6) is 0. The second kappa shape index (κ2) is 13.4. The number of nitrogens with zero attached hydrogens (tertiary/aromatic N) is 2. The number of aromatic nitrogens is 2. The molecule has 0 bridgehead atoms. The van der Waals surface area contributed by atoms with Crippen molar-refractivity contribution < 1.29 is 8.83 Å². The summed E-state index contributed by atoms with van der Waals surface area (Å²) in [7, 11) is 0. The van der Waals surface area contributed by atoms with Gasteiger partial charge in [0.25, 0.3) is 0 Å².